The third kappa shape index (κ3) is 3.26. The SMILES string of the molecule is CO[C@@H](C)C(=O)N1CCN(c2ccc(C)cc2)CC1. The van der Waals surface area contributed by atoms with Gasteiger partial charge >= 0.3 is 0 Å². The van der Waals surface area contributed by atoms with Gasteiger partial charge in [0.05, 0.1) is 0 Å². The van der Waals surface area contributed by atoms with Gasteiger partial charge in [-0.25, -0.2) is 0 Å². The molecule has 1 heterocycles. The van der Waals surface area contributed by atoms with Gasteiger partial charge in [0.2, 0.25) is 0 Å². The Bertz CT molecular complexity index is 422. The lowest BCUT2D eigenvalue weighted by molar-refractivity contribution is -0.141. The van der Waals surface area contributed by atoms with E-state index in [1.165, 1.54) is 11.3 Å². The van der Waals surface area contributed by atoms with E-state index in [-0.39, 0.29) is 12.0 Å². The van der Waals surface area contributed by atoms with E-state index in [0.717, 1.165) is 26.2 Å². The number of piperazine rings is 1. The summed E-state index contributed by atoms with van der Waals surface area (Å²) in [6.07, 6.45) is -0.342. The average Bonchev–Trinajstić information content (AvgIpc) is 2.46. The summed E-state index contributed by atoms with van der Waals surface area (Å²) in [5, 5.41) is 0. The van der Waals surface area contributed by atoms with Gasteiger partial charge in [0.1, 0.15) is 6.10 Å². The highest BCUT2D eigenvalue weighted by molar-refractivity contribution is 5.80. The van der Waals surface area contributed by atoms with Crippen LogP contribution in [0.1, 0.15) is 12.5 Å². The van der Waals surface area contributed by atoms with Gasteiger partial charge in [0.25, 0.3) is 5.91 Å². The predicted octanol–water partition coefficient (Wildman–Crippen LogP) is 1.68. The lowest BCUT2D eigenvalue weighted by Gasteiger charge is -2.37. The third-order valence-electron chi connectivity index (χ3n) is 3.69. The van der Waals surface area contributed by atoms with E-state index >= 15 is 0 Å². The summed E-state index contributed by atoms with van der Waals surface area (Å²) in [5.74, 6) is 0.0889. The molecule has 1 aliphatic heterocycles. The quantitative estimate of drug-likeness (QED) is 0.831. The first kappa shape index (κ1) is 13.9. The van der Waals surface area contributed by atoms with Crippen molar-refractivity contribution in [2.24, 2.45) is 0 Å². The van der Waals surface area contributed by atoms with Crippen LogP contribution in [0, 0.1) is 6.92 Å². The smallest absolute Gasteiger partial charge is 0.251 e. The number of nitrogens with zero attached hydrogens (tertiary/aromatic N) is 2. The minimum atomic E-state index is -0.342. The third-order valence-corrected chi connectivity index (χ3v) is 3.69. The summed E-state index contributed by atoms with van der Waals surface area (Å²) in [4.78, 5) is 16.2. The van der Waals surface area contributed by atoms with Gasteiger partial charge in [0.15, 0.2) is 0 Å². The molecule has 4 nitrogen and oxygen atoms in total. The molecule has 1 atom stereocenters. The highest BCUT2D eigenvalue weighted by Crippen LogP contribution is 2.17. The van der Waals surface area contributed by atoms with Crippen LogP contribution in [0.2, 0.25) is 0 Å². The zero-order valence-corrected chi connectivity index (χ0v) is 11.9. The zero-order valence-electron chi connectivity index (χ0n) is 11.9. The summed E-state index contributed by atoms with van der Waals surface area (Å²) in [6.45, 7) is 7.18. The molecule has 1 aromatic carbocycles. The molecule has 0 N–H and O–H groups in total. The minimum absolute atomic E-state index is 0.0889. The van der Waals surface area contributed by atoms with Gasteiger partial charge < -0.3 is 14.5 Å². The van der Waals surface area contributed by atoms with Crippen molar-refractivity contribution >= 4 is 11.6 Å². The van der Waals surface area contributed by atoms with Crippen molar-refractivity contribution in [3.05, 3.63) is 29.8 Å². The number of rotatable bonds is 3. The van der Waals surface area contributed by atoms with Crippen molar-refractivity contribution in [1.82, 2.24) is 4.90 Å². The van der Waals surface area contributed by atoms with Crippen LogP contribution in [-0.2, 0) is 9.53 Å². The molecule has 0 saturated carbocycles. The first-order chi connectivity index (χ1) is 9.11. The van der Waals surface area contributed by atoms with Crippen LogP contribution in [0.4, 0.5) is 5.69 Å². The molecule has 0 spiro atoms. The number of carbonyl (C=O) groups is 1. The van der Waals surface area contributed by atoms with E-state index in [0.29, 0.717) is 0 Å². The standard InChI is InChI=1S/C15H22N2O2/c1-12-4-6-14(7-5-12)16-8-10-17(11-9-16)15(18)13(2)19-3/h4-7,13H,8-11H2,1-3H3/t13-/m0/s1. The number of hydrogen-bond acceptors (Lipinski definition) is 3. The second kappa shape index (κ2) is 6.06. The Kier molecular flexibility index (Phi) is 4.43. The number of methoxy groups -OCH3 is 1. The molecule has 1 saturated heterocycles. The summed E-state index contributed by atoms with van der Waals surface area (Å²) < 4.78 is 5.09. The van der Waals surface area contributed by atoms with E-state index in [4.69, 9.17) is 4.74 Å². The van der Waals surface area contributed by atoms with Gasteiger partial charge in [-0.05, 0) is 26.0 Å². The summed E-state index contributed by atoms with van der Waals surface area (Å²) in [7, 11) is 1.57. The normalized spacial score (nSPS) is 17.4. The molecule has 0 unspecified atom stereocenters. The second-order valence-corrected chi connectivity index (χ2v) is 5.03. The molecular formula is C15H22N2O2. The van der Waals surface area contributed by atoms with Crippen molar-refractivity contribution in [2.45, 2.75) is 20.0 Å². The Hall–Kier alpha value is -1.55. The fraction of sp³-hybridized carbons (Fsp3) is 0.533. The predicted molar refractivity (Wildman–Crippen MR) is 76.4 cm³/mol. The Morgan fingerprint density at radius 3 is 2.26 bits per heavy atom. The number of carbonyl (C=O) groups excluding carboxylic acids is 1. The Labute approximate surface area is 115 Å². The highest BCUT2D eigenvalue weighted by atomic mass is 16.5. The number of hydrogen-bond donors (Lipinski definition) is 0. The van der Waals surface area contributed by atoms with Gasteiger partial charge in [-0.3, -0.25) is 4.79 Å². The van der Waals surface area contributed by atoms with Crippen molar-refractivity contribution in [3.8, 4) is 0 Å². The second-order valence-electron chi connectivity index (χ2n) is 5.03. The molecule has 0 bridgehead atoms. The number of benzene rings is 1. The Balaban J connectivity index is 1.92. The van der Waals surface area contributed by atoms with Crippen LogP contribution < -0.4 is 4.90 Å². The molecule has 1 fully saturated rings. The fourth-order valence-corrected chi connectivity index (χ4v) is 2.30. The molecule has 2 rings (SSSR count). The average molecular weight is 262 g/mol. The van der Waals surface area contributed by atoms with Crippen LogP contribution >= 0.6 is 0 Å². The summed E-state index contributed by atoms with van der Waals surface area (Å²) in [5.41, 5.74) is 2.50. The minimum Gasteiger partial charge on any atom is -0.372 e. The molecule has 1 aliphatic rings. The van der Waals surface area contributed by atoms with E-state index in [9.17, 15) is 4.79 Å². The zero-order chi connectivity index (χ0) is 13.8. The molecule has 0 aromatic heterocycles. The van der Waals surface area contributed by atoms with Crippen LogP contribution in [0.3, 0.4) is 0 Å². The lowest BCUT2D eigenvalue weighted by atomic mass is 10.2. The van der Waals surface area contributed by atoms with E-state index < -0.39 is 0 Å². The molecule has 4 heteroatoms. The molecule has 1 aromatic rings. The fourth-order valence-electron chi connectivity index (χ4n) is 2.30. The molecule has 0 radical (unpaired) electrons. The molecule has 1 amide bonds. The monoisotopic (exact) mass is 262 g/mol. The van der Waals surface area contributed by atoms with Crippen molar-refractivity contribution in [3.63, 3.8) is 0 Å². The van der Waals surface area contributed by atoms with Gasteiger partial charge in [-0.1, -0.05) is 17.7 Å². The Morgan fingerprint density at radius 2 is 1.74 bits per heavy atom. The summed E-state index contributed by atoms with van der Waals surface area (Å²) in [6, 6.07) is 8.54. The van der Waals surface area contributed by atoms with Gasteiger partial charge in [0, 0.05) is 39.0 Å². The van der Waals surface area contributed by atoms with E-state index in [1.807, 2.05) is 4.90 Å². The highest BCUT2D eigenvalue weighted by Gasteiger charge is 2.24. The molecular weight excluding hydrogens is 240 g/mol. The van der Waals surface area contributed by atoms with Crippen LogP contribution in [0.25, 0.3) is 0 Å². The maximum absolute atomic E-state index is 12.0. The van der Waals surface area contributed by atoms with Crippen molar-refractivity contribution in [2.75, 3.05) is 38.2 Å². The number of anilines is 1. The maximum Gasteiger partial charge on any atom is 0.251 e. The largest absolute Gasteiger partial charge is 0.372 e. The van der Waals surface area contributed by atoms with Crippen molar-refractivity contribution < 1.29 is 9.53 Å². The number of amides is 1. The topological polar surface area (TPSA) is 32.8 Å². The van der Waals surface area contributed by atoms with Crippen LogP contribution in [0.5, 0.6) is 0 Å². The van der Waals surface area contributed by atoms with Crippen LogP contribution in [0.15, 0.2) is 24.3 Å². The lowest BCUT2D eigenvalue weighted by Crippen LogP contribution is -2.51. The molecule has 0 aliphatic carbocycles. The number of aryl methyl sites for hydroxylation is 1. The first-order valence-electron chi connectivity index (χ1n) is 6.75. The van der Waals surface area contributed by atoms with Crippen LogP contribution in [-0.4, -0.2) is 50.2 Å². The maximum atomic E-state index is 12.0. The van der Waals surface area contributed by atoms with E-state index in [1.54, 1.807) is 14.0 Å². The Morgan fingerprint density at radius 1 is 1.16 bits per heavy atom. The number of ether oxygens (including phenoxy) is 1. The molecule has 19 heavy (non-hydrogen) atoms. The van der Waals surface area contributed by atoms with Crippen molar-refractivity contribution in [1.29, 1.82) is 0 Å². The van der Waals surface area contributed by atoms with Gasteiger partial charge in [-0.2, -0.15) is 0 Å². The van der Waals surface area contributed by atoms with E-state index in [2.05, 4.69) is 36.1 Å². The first-order valence-corrected chi connectivity index (χ1v) is 6.75. The van der Waals surface area contributed by atoms with Gasteiger partial charge in [-0.15, -0.1) is 0 Å². The molecule has 104 valence electrons. The summed E-state index contributed by atoms with van der Waals surface area (Å²) >= 11 is 0.